The molecule has 30 heavy (non-hydrogen) atoms. The van der Waals surface area contributed by atoms with Gasteiger partial charge in [0, 0.05) is 24.2 Å². The van der Waals surface area contributed by atoms with Crippen LogP contribution < -0.4 is 4.90 Å². The number of carbonyl (C=O) groups is 1. The van der Waals surface area contributed by atoms with Crippen LogP contribution in [-0.2, 0) is 14.6 Å². The van der Waals surface area contributed by atoms with Crippen molar-refractivity contribution in [1.29, 1.82) is 0 Å². The van der Waals surface area contributed by atoms with E-state index in [0.29, 0.717) is 28.4 Å². The maximum Gasteiger partial charge on any atom is 0.239 e. The number of hydrogen-bond donors (Lipinski definition) is 0. The highest BCUT2D eigenvalue weighted by Crippen LogP contribution is 2.31. The molecule has 0 aliphatic carbocycles. The predicted octanol–water partition coefficient (Wildman–Crippen LogP) is 3.53. The number of nitrogens with zero attached hydrogens (tertiary/aromatic N) is 3. The van der Waals surface area contributed by atoms with Crippen molar-refractivity contribution in [3.05, 3.63) is 48.3 Å². The summed E-state index contributed by atoms with van der Waals surface area (Å²) in [7, 11) is 0.523. The van der Waals surface area contributed by atoms with Gasteiger partial charge in [-0.3, -0.25) is 9.69 Å². The smallest absolute Gasteiger partial charge is 0.239 e. The van der Waals surface area contributed by atoms with Crippen LogP contribution in [0.15, 0.2) is 52.3 Å². The van der Waals surface area contributed by atoms with E-state index in [2.05, 4.69) is 4.98 Å². The van der Waals surface area contributed by atoms with Crippen LogP contribution in [0.5, 0.6) is 0 Å². The maximum absolute atomic E-state index is 13.1. The normalized spacial score (nSPS) is 11.9. The molecule has 0 radical (unpaired) electrons. The number of benzene rings is 2. The summed E-state index contributed by atoms with van der Waals surface area (Å²) in [5.41, 5.74) is 0.649. The molecule has 0 N–H and O–H groups in total. The fourth-order valence-electron chi connectivity index (χ4n) is 2.62. The second-order valence-electron chi connectivity index (χ2n) is 6.99. The lowest BCUT2D eigenvalue weighted by Gasteiger charge is -2.21. The molecule has 3 aromatic rings. The van der Waals surface area contributed by atoms with Gasteiger partial charge in [-0.1, -0.05) is 11.3 Å². The minimum absolute atomic E-state index is 0.117. The standard InChI is InChI=1S/C20H22FN3O3S3/c1-23(2)10-11-24(19(25)13-28-15-6-4-14(21)5-7-15)20-22-17-9-8-16(30(3,26)27)12-18(17)29-20/h4-9,12H,10-11,13H2,1-3H3. The number of anilines is 1. The Bertz CT molecular complexity index is 1150. The first-order chi connectivity index (χ1) is 14.1. The number of thioether (sulfide) groups is 1. The largest absolute Gasteiger partial charge is 0.308 e. The van der Waals surface area contributed by atoms with Gasteiger partial charge in [0.2, 0.25) is 5.91 Å². The second-order valence-corrected chi connectivity index (χ2v) is 11.1. The average molecular weight is 468 g/mol. The Morgan fingerprint density at radius 2 is 1.83 bits per heavy atom. The number of fused-ring (bicyclic) bond motifs is 1. The Kier molecular flexibility index (Phi) is 7.12. The molecule has 0 saturated carbocycles. The summed E-state index contributed by atoms with van der Waals surface area (Å²) in [6.07, 6.45) is 1.16. The Labute approximate surface area is 183 Å². The first-order valence-electron chi connectivity index (χ1n) is 9.07. The van der Waals surface area contributed by atoms with Crippen molar-refractivity contribution in [3.8, 4) is 0 Å². The molecule has 1 heterocycles. The third-order valence-electron chi connectivity index (χ3n) is 4.26. The van der Waals surface area contributed by atoms with Crippen LogP contribution in [0, 0.1) is 5.82 Å². The Hall–Kier alpha value is -2.01. The topological polar surface area (TPSA) is 70.6 Å². The van der Waals surface area contributed by atoms with E-state index in [1.165, 1.54) is 41.3 Å². The van der Waals surface area contributed by atoms with E-state index in [0.717, 1.165) is 11.2 Å². The lowest BCUT2D eigenvalue weighted by molar-refractivity contribution is -0.116. The van der Waals surface area contributed by atoms with Gasteiger partial charge in [0.25, 0.3) is 0 Å². The van der Waals surface area contributed by atoms with Crippen LogP contribution in [0.2, 0.25) is 0 Å². The van der Waals surface area contributed by atoms with Gasteiger partial charge >= 0.3 is 0 Å². The minimum Gasteiger partial charge on any atom is -0.308 e. The third-order valence-corrected chi connectivity index (χ3v) is 7.40. The van der Waals surface area contributed by atoms with Gasteiger partial charge in [0.05, 0.1) is 20.9 Å². The lowest BCUT2D eigenvalue weighted by Crippen LogP contribution is -2.37. The Morgan fingerprint density at radius 1 is 1.13 bits per heavy atom. The number of aromatic nitrogens is 1. The number of likely N-dealkylation sites (N-methyl/N-ethyl adjacent to an activating group) is 1. The van der Waals surface area contributed by atoms with E-state index >= 15 is 0 Å². The third kappa shape index (κ3) is 5.78. The maximum atomic E-state index is 13.1. The highest BCUT2D eigenvalue weighted by atomic mass is 32.2. The minimum atomic E-state index is -3.32. The number of amides is 1. The Balaban J connectivity index is 1.84. The summed E-state index contributed by atoms with van der Waals surface area (Å²) >= 11 is 2.62. The predicted molar refractivity (Wildman–Crippen MR) is 121 cm³/mol. The molecule has 1 amide bonds. The molecule has 0 aliphatic rings. The first-order valence-corrected chi connectivity index (χ1v) is 12.8. The molecule has 2 aromatic carbocycles. The van der Waals surface area contributed by atoms with E-state index in [-0.39, 0.29) is 22.4 Å². The second kappa shape index (κ2) is 9.42. The Morgan fingerprint density at radius 3 is 2.47 bits per heavy atom. The van der Waals surface area contributed by atoms with Gasteiger partial charge in [-0.05, 0) is 56.6 Å². The molecular formula is C20H22FN3O3S3. The molecule has 0 bridgehead atoms. The van der Waals surface area contributed by atoms with E-state index in [9.17, 15) is 17.6 Å². The zero-order valence-corrected chi connectivity index (χ0v) is 19.3. The summed E-state index contributed by atoms with van der Waals surface area (Å²) in [5, 5.41) is 0.530. The van der Waals surface area contributed by atoms with E-state index < -0.39 is 9.84 Å². The summed E-state index contributed by atoms with van der Waals surface area (Å²) in [4.78, 5) is 22.2. The number of sulfone groups is 1. The number of thiazole rings is 1. The number of halogens is 1. The van der Waals surface area contributed by atoms with Crippen molar-refractivity contribution >= 4 is 54.2 Å². The quantitative estimate of drug-likeness (QED) is 0.472. The molecule has 0 fully saturated rings. The van der Waals surface area contributed by atoms with Gasteiger partial charge in [-0.25, -0.2) is 17.8 Å². The molecule has 160 valence electrons. The summed E-state index contributed by atoms with van der Waals surface area (Å²) in [6, 6.07) is 10.8. The molecule has 0 saturated heterocycles. The van der Waals surface area contributed by atoms with Gasteiger partial charge in [0.15, 0.2) is 15.0 Å². The van der Waals surface area contributed by atoms with Crippen LogP contribution in [0.3, 0.4) is 0 Å². The molecule has 0 spiro atoms. The van der Waals surface area contributed by atoms with E-state index in [1.807, 2.05) is 19.0 Å². The molecule has 6 nitrogen and oxygen atoms in total. The van der Waals surface area contributed by atoms with Gasteiger partial charge in [0.1, 0.15) is 5.82 Å². The molecule has 0 aliphatic heterocycles. The summed E-state index contributed by atoms with van der Waals surface area (Å²) in [6.45, 7) is 1.10. The van der Waals surface area contributed by atoms with Crippen molar-refractivity contribution in [3.63, 3.8) is 0 Å². The van der Waals surface area contributed by atoms with Gasteiger partial charge < -0.3 is 4.90 Å². The van der Waals surface area contributed by atoms with Crippen molar-refractivity contribution in [2.24, 2.45) is 0 Å². The molecule has 3 rings (SSSR count). The van der Waals surface area contributed by atoms with Crippen LogP contribution >= 0.6 is 23.1 Å². The van der Waals surface area contributed by atoms with Crippen LogP contribution in [0.4, 0.5) is 9.52 Å². The van der Waals surface area contributed by atoms with Gasteiger partial charge in [-0.2, -0.15) is 0 Å². The molecule has 0 atom stereocenters. The number of rotatable bonds is 8. The summed E-state index contributed by atoms with van der Waals surface area (Å²) in [5.74, 6) is -0.251. The molecule has 10 heteroatoms. The number of hydrogen-bond acceptors (Lipinski definition) is 7. The highest BCUT2D eigenvalue weighted by molar-refractivity contribution is 8.00. The highest BCUT2D eigenvalue weighted by Gasteiger charge is 2.21. The fraction of sp³-hybridized carbons (Fsp3) is 0.300. The average Bonchev–Trinajstić information content (AvgIpc) is 3.09. The zero-order valence-electron chi connectivity index (χ0n) is 16.8. The van der Waals surface area contributed by atoms with E-state index in [1.54, 1.807) is 29.2 Å². The SMILES string of the molecule is CN(C)CCN(C(=O)CSc1ccc(F)cc1)c1nc2ccc(S(C)(=O)=O)cc2s1. The van der Waals surface area contributed by atoms with Crippen molar-refractivity contribution in [1.82, 2.24) is 9.88 Å². The molecular weight excluding hydrogens is 445 g/mol. The summed E-state index contributed by atoms with van der Waals surface area (Å²) < 4.78 is 37.5. The zero-order chi connectivity index (χ0) is 21.9. The lowest BCUT2D eigenvalue weighted by atomic mass is 10.3. The van der Waals surface area contributed by atoms with Crippen molar-refractivity contribution in [2.45, 2.75) is 9.79 Å². The number of carbonyl (C=O) groups excluding carboxylic acids is 1. The molecule has 1 aromatic heterocycles. The van der Waals surface area contributed by atoms with E-state index in [4.69, 9.17) is 0 Å². The molecule has 0 unspecified atom stereocenters. The first kappa shape index (κ1) is 22.7. The van der Waals surface area contributed by atoms with Crippen LogP contribution in [0.25, 0.3) is 10.2 Å². The van der Waals surface area contributed by atoms with Gasteiger partial charge in [-0.15, -0.1) is 11.8 Å². The fourth-order valence-corrected chi connectivity index (χ4v) is 5.16. The van der Waals surface area contributed by atoms with Crippen molar-refractivity contribution in [2.75, 3.05) is 44.1 Å². The van der Waals surface area contributed by atoms with Crippen LogP contribution in [0.1, 0.15) is 0 Å². The monoisotopic (exact) mass is 467 g/mol. The van der Waals surface area contributed by atoms with Crippen molar-refractivity contribution < 1.29 is 17.6 Å². The van der Waals surface area contributed by atoms with Crippen LogP contribution in [-0.4, -0.2) is 63.4 Å².